The summed E-state index contributed by atoms with van der Waals surface area (Å²) in [5, 5.41) is 6.85. The van der Waals surface area contributed by atoms with Crippen LogP contribution in [0.5, 0.6) is 5.75 Å². The van der Waals surface area contributed by atoms with Gasteiger partial charge in [0.1, 0.15) is 5.75 Å². The molecule has 1 saturated heterocycles. The highest BCUT2D eigenvalue weighted by Crippen LogP contribution is 2.21. The van der Waals surface area contributed by atoms with Gasteiger partial charge < -0.3 is 25.2 Å². The van der Waals surface area contributed by atoms with Gasteiger partial charge in [0.15, 0.2) is 5.96 Å². The number of nitrogens with one attached hydrogen (secondary N) is 2. The molecule has 2 N–H and O–H groups in total. The Balaban J connectivity index is 1.83. The summed E-state index contributed by atoms with van der Waals surface area (Å²) < 4.78 is 5.92. The number of guanidine groups is 1. The van der Waals surface area contributed by atoms with Crippen molar-refractivity contribution in [3.63, 3.8) is 0 Å². The van der Waals surface area contributed by atoms with Gasteiger partial charge in [0, 0.05) is 31.7 Å². The molecule has 1 aromatic rings. The van der Waals surface area contributed by atoms with Crippen LogP contribution in [-0.4, -0.2) is 75.2 Å². The lowest BCUT2D eigenvalue weighted by Crippen LogP contribution is -2.39. The molecule has 0 aromatic heterocycles. The van der Waals surface area contributed by atoms with E-state index in [2.05, 4.69) is 66.5 Å². The van der Waals surface area contributed by atoms with E-state index in [9.17, 15) is 0 Å². The second-order valence-corrected chi connectivity index (χ2v) is 7.93. The van der Waals surface area contributed by atoms with Gasteiger partial charge in [0.2, 0.25) is 0 Å². The number of hydrogen-bond acceptors (Lipinski definition) is 4. The summed E-state index contributed by atoms with van der Waals surface area (Å²) in [6, 6.07) is 6.37. The Morgan fingerprint density at radius 2 is 2.00 bits per heavy atom. The fourth-order valence-electron chi connectivity index (χ4n) is 3.48. The van der Waals surface area contributed by atoms with E-state index in [1.807, 2.05) is 0 Å². The molecule has 0 spiro atoms. The first-order chi connectivity index (χ1) is 14.1. The van der Waals surface area contributed by atoms with Crippen LogP contribution >= 0.6 is 0 Å². The van der Waals surface area contributed by atoms with Gasteiger partial charge in [-0.25, -0.2) is 4.99 Å². The molecule has 1 aliphatic heterocycles. The molecule has 0 amide bonds. The summed E-state index contributed by atoms with van der Waals surface area (Å²) in [5.41, 5.74) is 2.35. The summed E-state index contributed by atoms with van der Waals surface area (Å²) in [6.07, 6.45) is 3.41. The zero-order valence-corrected chi connectivity index (χ0v) is 19.0. The van der Waals surface area contributed by atoms with Gasteiger partial charge in [-0.3, -0.25) is 0 Å². The number of aryl methyl sites for hydroxylation is 1. The van der Waals surface area contributed by atoms with E-state index in [0.717, 1.165) is 56.4 Å². The summed E-state index contributed by atoms with van der Waals surface area (Å²) >= 11 is 0. The lowest BCUT2D eigenvalue weighted by molar-refractivity contribution is 0.274. The molecular weight excluding hydrogens is 362 g/mol. The average Bonchev–Trinajstić information content (AvgIpc) is 2.92. The SMILES string of the molecule is CCCOc1cc(C)ccc1CN=C(NCC)NCCCN1CCCN(C)CC1. The minimum Gasteiger partial charge on any atom is -0.493 e. The van der Waals surface area contributed by atoms with E-state index in [4.69, 9.17) is 9.73 Å². The van der Waals surface area contributed by atoms with Crippen LogP contribution in [0, 0.1) is 6.92 Å². The molecule has 6 nitrogen and oxygen atoms in total. The van der Waals surface area contributed by atoms with Gasteiger partial charge >= 0.3 is 0 Å². The molecule has 0 atom stereocenters. The molecule has 29 heavy (non-hydrogen) atoms. The van der Waals surface area contributed by atoms with Crippen molar-refractivity contribution in [3.05, 3.63) is 29.3 Å². The third-order valence-electron chi connectivity index (χ3n) is 5.19. The van der Waals surface area contributed by atoms with Crippen molar-refractivity contribution >= 4 is 5.96 Å². The van der Waals surface area contributed by atoms with Gasteiger partial charge in [-0.1, -0.05) is 19.1 Å². The molecule has 0 bridgehead atoms. The number of hydrogen-bond donors (Lipinski definition) is 2. The Hall–Kier alpha value is -1.79. The van der Waals surface area contributed by atoms with Gasteiger partial charge in [-0.15, -0.1) is 0 Å². The monoisotopic (exact) mass is 403 g/mol. The minimum atomic E-state index is 0.618. The molecule has 0 unspecified atom stereocenters. The van der Waals surface area contributed by atoms with Crippen molar-refractivity contribution in [1.29, 1.82) is 0 Å². The molecule has 2 rings (SSSR count). The molecule has 0 saturated carbocycles. The summed E-state index contributed by atoms with van der Waals surface area (Å²) in [6.45, 7) is 15.4. The number of nitrogens with zero attached hydrogens (tertiary/aromatic N) is 3. The molecular formula is C23H41N5O. The summed E-state index contributed by atoms with van der Waals surface area (Å²) in [7, 11) is 2.22. The normalized spacial score (nSPS) is 16.5. The maximum absolute atomic E-state index is 5.92. The van der Waals surface area contributed by atoms with Crippen LogP contribution in [-0.2, 0) is 6.54 Å². The molecule has 1 aliphatic rings. The molecule has 0 aliphatic carbocycles. The first-order valence-corrected chi connectivity index (χ1v) is 11.3. The first kappa shape index (κ1) is 23.5. The Morgan fingerprint density at radius 3 is 2.79 bits per heavy atom. The molecule has 1 fully saturated rings. The van der Waals surface area contributed by atoms with Crippen LogP contribution in [0.2, 0.25) is 0 Å². The van der Waals surface area contributed by atoms with Crippen molar-refractivity contribution in [3.8, 4) is 5.75 Å². The molecule has 1 heterocycles. The Bertz CT molecular complexity index is 619. The predicted molar refractivity (Wildman–Crippen MR) is 123 cm³/mol. The maximum Gasteiger partial charge on any atom is 0.191 e. The van der Waals surface area contributed by atoms with Crippen LogP contribution in [0.15, 0.2) is 23.2 Å². The van der Waals surface area contributed by atoms with E-state index in [1.54, 1.807) is 0 Å². The van der Waals surface area contributed by atoms with E-state index < -0.39 is 0 Å². The molecule has 6 heteroatoms. The number of rotatable bonds is 10. The average molecular weight is 404 g/mol. The Labute approximate surface area is 177 Å². The zero-order valence-electron chi connectivity index (χ0n) is 19.0. The fraction of sp³-hybridized carbons (Fsp3) is 0.696. The molecule has 164 valence electrons. The minimum absolute atomic E-state index is 0.618. The summed E-state index contributed by atoms with van der Waals surface area (Å²) in [5.74, 6) is 1.84. The van der Waals surface area contributed by atoms with Crippen LogP contribution in [0.3, 0.4) is 0 Å². The highest BCUT2D eigenvalue weighted by atomic mass is 16.5. The standard InChI is InChI=1S/C23H41N5O/c1-5-17-29-22-18-20(3)9-10-21(22)19-26-23(24-6-2)25-11-7-13-28-14-8-12-27(4)15-16-28/h9-10,18H,5-8,11-17,19H2,1-4H3,(H2,24,25,26). The van der Waals surface area contributed by atoms with Crippen molar-refractivity contribution in [2.24, 2.45) is 4.99 Å². The van der Waals surface area contributed by atoms with Crippen LogP contribution in [0.25, 0.3) is 0 Å². The van der Waals surface area contributed by atoms with Gasteiger partial charge in [-0.05, 0) is 71.4 Å². The van der Waals surface area contributed by atoms with Crippen LogP contribution in [0.1, 0.15) is 44.2 Å². The van der Waals surface area contributed by atoms with Crippen LogP contribution in [0.4, 0.5) is 0 Å². The number of aliphatic imine (C=N–C) groups is 1. The van der Waals surface area contributed by atoms with Crippen LogP contribution < -0.4 is 15.4 Å². The second-order valence-electron chi connectivity index (χ2n) is 7.93. The third-order valence-corrected chi connectivity index (χ3v) is 5.19. The van der Waals surface area contributed by atoms with E-state index in [1.165, 1.54) is 38.2 Å². The van der Waals surface area contributed by atoms with Crippen molar-refractivity contribution in [1.82, 2.24) is 20.4 Å². The number of likely N-dealkylation sites (N-methyl/N-ethyl adjacent to an activating group) is 1. The fourth-order valence-corrected chi connectivity index (χ4v) is 3.48. The van der Waals surface area contributed by atoms with Gasteiger partial charge in [-0.2, -0.15) is 0 Å². The third kappa shape index (κ3) is 9.05. The smallest absolute Gasteiger partial charge is 0.191 e. The molecule has 1 aromatic carbocycles. The van der Waals surface area contributed by atoms with Crippen molar-refractivity contribution < 1.29 is 4.74 Å². The molecule has 0 radical (unpaired) electrons. The van der Waals surface area contributed by atoms with E-state index in [-0.39, 0.29) is 0 Å². The maximum atomic E-state index is 5.92. The largest absolute Gasteiger partial charge is 0.493 e. The van der Waals surface area contributed by atoms with Gasteiger partial charge in [0.25, 0.3) is 0 Å². The lowest BCUT2D eigenvalue weighted by atomic mass is 10.1. The van der Waals surface area contributed by atoms with Crippen molar-refractivity contribution in [2.75, 3.05) is 59.5 Å². The quantitative estimate of drug-likeness (QED) is 0.357. The zero-order chi connectivity index (χ0) is 20.9. The number of ether oxygens (including phenoxy) is 1. The topological polar surface area (TPSA) is 52.1 Å². The first-order valence-electron chi connectivity index (χ1n) is 11.3. The number of benzene rings is 1. The second kappa shape index (κ2) is 13.4. The van der Waals surface area contributed by atoms with E-state index in [0.29, 0.717) is 6.54 Å². The predicted octanol–water partition coefficient (Wildman–Crippen LogP) is 2.87. The lowest BCUT2D eigenvalue weighted by Gasteiger charge is -2.20. The van der Waals surface area contributed by atoms with Gasteiger partial charge in [0.05, 0.1) is 13.2 Å². The Morgan fingerprint density at radius 1 is 1.14 bits per heavy atom. The Kier molecular flexibility index (Phi) is 10.9. The highest BCUT2D eigenvalue weighted by molar-refractivity contribution is 5.79. The highest BCUT2D eigenvalue weighted by Gasteiger charge is 2.11. The summed E-state index contributed by atoms with van der Waals surface area (Å²) in [4.78, 5) is 9.80. The van der Waals surface area contributed by atoms with Crippen molar-refractivity contribution in [2.45, 2.75) is 46.6 Å². The van der Waals surface area contributed by atoms with E-state index >= 15 is 0 Å².